The van der Waals surface area contributed by atoms with E-state index in [1.165, 1.54) is 30.3 Å². The molecule has 4 aromatic rings. The molecule has 0 fully saturated rings. The highest BCUT2D eigenvalue weighted by atomic mass is 32.2. The van der Waals surface area contributed by atoms with Gasteiger partial charge in [-0.25, -0.2) is 4.99 Å². The SMILES string of the molecule is Cc1cc(C)c(N=c2cc3oc4cc(Nc5c(C)cc(C)c(N)c5C)ccc4c(-c4ccccc4S(=O)(=O)O)c-3cc2S(=O)(=O)O)c(C)c1N. The molecule has 50 heavy (non-hydrogen) atoms. The zero-order chi connectivity index (χ0) is 36.4. The van der Waals surface area contributed by atoms with Gasteiger partial charge in [-0.05, 0) is 99.2 Å². The minimum absolute atomic E-state index is 0.0866. The first-order chi connectivity index (χ1) is 23.4. The van der Waals surface area contributed by atoms with E-state index in [-0.39, 0.29) is 27.8 Å². The maximum Gasteiger partial charge on any atom is 0.296 e. The summed E-state index contributed by atoms with van der Waals surface area (Å²) in [6, 6.07) is 17.4. The molecule has 0 unspecified atom stereocenters. The number of nitrogen functional groups attached to an aromatic ring is 2. The smallest absolute Gasteiger partial charge is 0.296 e. The summed E-state index contributed by atoms with van der Waals surface area (Å²) >= 11 is 0. The molecule has 0 bridgehead atoms. The summed E-state index contributed by atoms with van der Waals surface area (Å²) in [6.45, 7) is 11.3. The fourth-order valence-corrected chi connectivity index (χ4v) is 7.82. The number of anilines is 4. The molecule has 11 nitrogen and oxygen atoms in total. The summed E-state index contributed by atoms with van der Waals surface area (Å²) in [6.07, 6.45) is 0. The maximum atomic E-state index is 12.9. The monoisotopic (exact) mass is 712 g/mol. The van der Waals surface area contributed by atoms with E-state index in [0.717, 1.165) is 33.5 Å². The highest BCUT2D eigenvalue weighted by Gasteiger charge is 2.27. The second-order valence-corrected chi connectivity index (χ2v) is 15.3. The van der Waals surface area contributed by atoms with E-state index in [1.807, 2.05) is 46.8 Å². The van der Waals surface area contributed by atoms with Crippen LogP contribution in [-0.4, -0.2) is 25.9 Å². The average molecular weight is 713 g/mol. The molecule has 258 valence electrons. The summed E-state index contributed by atoms with van der Waals surface area (Å²) in [5.74, 6) is 0.128. The first-order valence-corrected chi connectivity index (χ1v) is 18.4. The van der Waals surface area contributed by atoms with Crippen molar-refractivity contribution in [1.82, 2.24) is 0 Å². The number of benzene rings is 5. The predicted molar refractivity (Wildman–Crippen MR) is 197 cm³/mol. The highest BCUT2D eigenvalue weighted by molar-refractivity contribution is 7.86. The van der Waals surface area contributed by atoms with Crippen LogP contribution in [0.2, 0.25) is 0 Å². The Hall–Kier alpha value is -5.21. The maximum absolute atomic E-state index is 12.9. The summed E-state index contributed by atoms with van der Waals surface area (Å²) in [5, 5.41) is 3.70. The minimum atomic E-state index is -4.89. The molecule has 0 radical (unpaired) electrons. The third-order valence-electron chi connectivity index (χ3n) is 9.04. The van der Waals surface area contributed by atoms with E-state index >= 15 is 0 Å². The molecule has 0 atom stereocenters. The van der Waals surface area contributed by atoms with E-state index in [9.17, 15) is 25.9 Å². The van der Waals surface area contributed by atoms with Crippen molar-refractivity contribution in [3.05, 3.63) is 105 Å². The van der Waals surface area contributed by atoms with Gasteiger partial charge in [0.1, 0.15) is 21.1 Å². The Morgan fingerprint density at radius 2 is 1.30 bits per heavy atom. The third-order valence-corrected chi connectivity index (χ3v) is 10.8. The van der Waals surface area contributed by atoms with Gasteiger partial charge in [-0.15, -0.1) is 0 Å². The fraction of sp³-hybridized carbons (Fsp3) is 0.162. The zero-order valence-corrected chi connectivity index (χ0v) is 29.8. The Morgan fingerprint density at radius 1 is 0.680 bits per heavy atom. The van der Waals surface area contributed by atoms with Crippen LogP contribution in [-0.2, 0) is 20.2 Å². The van der Waals surface area contributed by atoms with Gasteiger partial charge in [0.15, 0.2) is 0 Å². The lowest BCUT2D eigenvalue weighted by Gasteiger charge is -2.20. The number of hydrogen-bond acceptors (Lipinski definition) is 9. The molecule has 0 saturated heterocycles. The number of rotatable bonds is 6. The van der Waals surface area contributed by atoms with Crippen molar-refractivity contribution in [2.45, 2.75) is 51.3 Å². The van der Waals surface area contributed by atoms with Crippen LogP contribution in [0, 0.1) is 41.5 Å². The largest absolute Gasteiger partial charge is 0.456 e. The van der Waals surface area contributed by atoms with Crippen LogP contribution in [0.5, 0.6) is 0 Å². The molecule has 2 aliphatic rings. The van der Waals surface area contributed by atoms with Crippen LogP contribution in [0.25, 0.3) is 33.4 Å². The zero-order valence-electron chi connectivity index (χ0n) is 28.2. The molecule has 6 rings (SSSR count). The van der Waals surface area contributed by atoms with E-state index in [2.05, 4.69) is 10.3 Å². The van der Waals surface area contributed by atoms with Crippen LogP contribution in [0.4, 0.5) is 28.4 Å². The number of nitrogens with zero attached hydrogens (tertiary/aromatic N) is 1. The lowest BCUT2D eigenvalue weighted by Crippen LogP contribution is -2.16. The van der Waals surface area contributed by atoms with Crippen molar-refractivity contribution in [2.24, 2.45) is 4.99 Å². The molecule has 0 saturated carbocycles. The molecular formula is C37H36N4O7S2. The van der Waals surface area contributed by atoms with Crippen molar-refractivity contribution >= 4 is 59.6 Å². The lowest BCUT2D eigenvalue weighted by molar-refractivity contribution is 0.480. The molecule has 0 aromatic heterocycles. The van der Waals surface area contributed by atoms with Gasteiger partial charge in [-0.3, -0.25) is 9.11 Å². The first kappa shape index (κ1) is 34.6. The van der Waals surface area contributed by atoms with Crippen LogP contribution >= 0.6 is 0 Å². The van der Waals surface area contributed by atoms with Gasteiger partial charge in [0.05, 0.1) is 11.0 Å². The number of nitrogens with two attached hydrogens (primary N) is 2. The standard InChI is InChI=1S/C37H36N4O7S2/c1-18-13-20(3)36(22(5)34(18)38)40-24-11-12-25-29(15-24)48-30-17-28(41-37-21(4)14-19(2)35(39)23(37)6)32(50(45,46)47)16-27(30)33(25)26-9-7-8-10-31(26)49(42,43)44/h7-17,40H,38-39H2,1-6H3,(H,42,43,44)(H,45,46,47). The van der Waals surface area contributed by atoms with E-state index in [4.69, 9.17) is 15.9 Å². The van der Waals surface area contributed by atoms with Gasteiger partial charge >= 0.3 is 0 Å². The van der Waals surface area contributed by atoms with Gasteiger partial charge in [-0.2, -0.15) is 16.8 Å². The normalized spacial score (nSPS) is 12.6. The molecule has 1 aliphatic carbocycles. The van der Waals surface area contributed by atoms with E-state index < -0.39 is 30.0 Å². The van der Waals surface area contributed by atoms with E-state index in [1.54, 1.807) is 31.2 Å². The molecule has 4 aromatic carbocycles. The second kappa shape index (κ2) is 12.3. The Balaban J connectivity index is 1.73. The molecule has 0 amide bonds. The Labute approximate surface area is 290 Å². The van der Waals surface area contributed by atoms with Crippen LogP contribution in [0.1, 0.15) is 33.4 Å². The third kappa shape index (κ3) is 6.09. The average Bonchev–Trinajstić information content (AvgIpc) is 3.04. The first-order valence-electron chi connectivity index (χ1n) is 15.5. The lowest BCUT2D eigenvalue weighted by atomic mass is 9.93. The molecule has 1 heterocycles. The van der Waals surface area contributed by atoms with Crippen LogP contribution in [0.3, 0.4) is 0 Å². The predicted octanol–water partition coefficient (Wildman–Crippen LogP) is 7.69. The van der Waals surface area contributed by atoms with Gasteiger partial charge in [0.25, 0.3) is 20.2 Å². The quantitative estimate of drug-likeness (QED) is 0.0648. The van der Waals surface area contributed by atoms with Crippen molar-refractivity contribution < 1.29 is 30.4 Å². The Kier molecular flexibility index (Phi) is 8.51. The van der Waals surface area contributed by atoms with Crippen molar-refractivity contribution in [2.75, 3.05) is 16.8 Å². The summed E-state index contributed by atoms with van der Waals surface area (Å²) in [5.41, 5.74) is 21.4. The van der Waals surface area contributed by atoms with Crippen LogP contribution in [0.15, 0.2) is 85.9 Å². The molecule has 0 spiro atoms. The summed E-state index contributed by atoms with van der Waals surface area (Å²) in [7, 11) is -9.63. The van der Waals surface area contributed by atoms with E-state index in [0.29, 0.717) is 39.3 Å². The number of hydrogen-bond donors (Lipinski definition) is 5. The fourth-order valence-electron chi connectivity index (χ4n) is 6.49. The molecule has 13 heteroatoms. The van der Waals surface area contributed by atoms with Crippen molar-refractivity contribution in [3.8, 4) is 22.5 Å². The van der Waals surface area contributed by atoms with Gasteiger partial charge < -0.3 is 21.2 Å². The number of aryl methyl sites for hydroxylation is 4. The van der Waals surface area contributed by atoms with Gasteiger partial charge in [0.2, 0.25) is 0 Å². The molecule has 7 N–H and O–H groups in total. The number of fused-ring (bicyclic) bond motifs is 2. The summed E-state index contributed by atoms with van der Waals surface area (Å²) in [4.78, 5) is 3.73. The Bertz CT molecular complexity index is 2660. The highest BCUT2D eigenvalue weighted by Crippen LogP contribution is 2.44. The van der Waals surface area contributed by atoms with Crippen LogP contribution < -0.4 is 22.1 Å². The topological polar surface area (TPSA) is 198 Å². The Morgan fingerprint density at radius 3 is 1.96 bits per heavy atom. The minimum Gasteiger partial charge on any atom is -0.456 e. The number of nitrogens with one attached hydrogen (secondary N) is 1. The van der Waals surface area contributed by atoms with Crippen molar-refractivity contribution in [1.29, 1.82) is 0 Å². The molecule has 1 aliphatic heterocycles. The van der Waals surface area contributed by atoms with Gasteiger partial charge in [-0.1, -0.05) is 30.3 Å². The van der Waals surface area contributed by atoms with Gasteiger partial charge in [0, 0.05) is 57.0 Å². The van der Waals surface area contributed by atoms with Crippen molar-refractivity contribution in [3.63, 3.8) is 0 Å². The molecular weight excluding hydrogens is 677 g/mol. The summed E-state index contributed by atoms with van der Waals surface area (Å²) < 4.78 is 78.2. The second-order valence-electron chi connectivity index (χ2n) is 12.5.